The first-order chi connectivity index (χ1) is 13.1. The number of nitrogens with one attached hydrogen (secondary N) is 3. The molecule has 28 heavy (non-hydrogen) atoms. The number of rotatable bonds is 5. The Bertz CT molecular complexity index is 862. The first-order valence-electron chi connectivity index (χ1n) is 8.91. The second kappa shape index (κ2) is 10.6. The molecule has 1 aliphatic heterocycles. The predicted molar refractivity (Wildman–Crippen MR) is 122 cm³/mol. The monoisotopic (exact) mass is 516 g/mol. The van der Waals surface area contributed by atoms with Crippen LogP contribution in [0.2, 0.25) is 5.02 Å². The summed E-state index contributed by atoms with van der Waals surface area (Å²) in [5.41, 5.74) is 2.80. The molecule has 0 radical (unpaired) electrons. The first kappa shape index (κ1) is 22.4. The third kappa shape index (κ3) is 5.81. The summed E-state index contributed by atoms with van der Waals surface area (Å²) in [6.45, 7) is 3.64. The fourth-order valence-corrected chi connectivity index (χ4v) is 3.26. The van der Waals surface area contributed by atoms with Crippen molar-refractivity contribution in [1.29, 1.82) is 0 Å². The van der Waals surface area contributed by atoms with Crippen molar-refractivity contribution >= 4 is 53.1 Å². The van der Waals surface area contributed by atoms with Gasteiger partial charge in [0.05, 0.1) is 11.6 Å². The quantitative estimate of drug-likeness (QED) is 0.316. The fourth-order valence-electron chi connectivity index (χ4n) is 3.05. The number of para-hydroxylation sites is 1. The van der Waals surface area contributed by atoms with Crippen LogP contribution >= 0.6 is 35.6 Å². The van der Waals surface area contributed by atoms with Crippen molar-refractivity contribution in [2.75, 3.05) is 18.4 Å². The Morgan fingerprint density at radius 1 is 1.29 bits per heavy atom. The van der Waals surface area contributed by atoms with Crippen molar-refractivity contribution < 1.29 is 9.18 Å². The molecule has 150 valence electrons. The molecule has 1 atom stereocenters. The van der Waals surface area contributed by atoms with Gasteiger partial charge in [0.25, 0.3) is 0 Å². The maximum atomic E-state index is 13.3. The van der Waals surface area contributed by atoms with E-state index in [1.807, 2.05) is 31.2 Å². The zero-order chi connectivity index (χ0) is 19.2. The van der Waals surface area contributed by atoms with Gasteiger partial charge in [0.15, 0.2) is 5.96 Å². The molecule has 1 heterocycles. The van der Waals surface area contributed by atoms with Gasteiger partial charge in [0.1, 0.15) is 5.82 Å². The second-order valence-corrected chi connectivity index (χ2v) is 6.77. The summed E-state index contributed by atoms with van der Waals surface area (Å²) in [4.78, 5) is 16.5. The molecular formula is C20H23ClFIN4O. The van der Waals surface area contributed by atoms with Crippen LogP contribution in [0, 0.1) is 5.82 Å². The lowest BCUT2D eigenvalue weighted by molar-refractivity contribution is -0.116. The molecule has 0 bridgehead atoms. The molecule has 2 aromatic rings. The number of hydrogen-bond acceptors (Lipinski definition) is 2. The van der Waals surface area contributed by atoms with Crippen LogP contribution in [0.15, 0.2) is 47.5 Å². The Labute approximate surface area is 186 Å². The summed E-state index contributed by atoms with van der Waals surface area (Å²) in [7, 11) is 0. The van der Waals surface area contributed by atoms with Gasteiger partial charge in [-0.3, -0.25) is 4.79 Å². The van der Waals surface area contributed by atoms with Gasteiger partial charge >= 0.3 is 0 Å². The van der Waals surface area contributed by atoms with E-state index < -0.39 is 5.82 Å². The standard InChI is InChI=1S/C20H22ClFN4O.HI/c1-2-23-20(24-11-13-7-8-17(22)16(21)9-13)25-12-14-10-19(27)26-18-6-4-3-5-15(14)18;/h3-9,14H,2,10-12H2,1H3,(H,26,27)(H2,23,24,25);1H. The SMILES string of the molecule is CCNC(=NCc1ccc(F)c(Cl)c1)NCC1CC(=O)Nc2ccccc21.I. The summed E-state index contributed by atoms with van der Waals surface area (Å²) in [5, 5.41) is 9.48. The van der Waals surface area contributed by atoms with E-state index in [-0.39, 0.29) is 40.8 Å². The van der Waals surface area contributed by atoms with Crippen molar-refractivity contribution in [3.63, 3.8) is 0 Å². The first-order valence-corrected chi connectivity index (χ1v) is 9.29. The lowest BCUT2D eigenvalue weighted by Gasteiger charge is -2.26. The molecule has 0 saturated carbocycles. The molecule has 5 nitrogen and oxygen atoms in total. The van der Waals surface area contributed by atoms with Gasteiger partial charge in [-0.2, -0.15) is 0 Å². The average molecular weight is 517 g/mol. The molecule has 3 rings (SSSR count). The minimum absolute atomic E-state index is 0. The van der Waals surface area contributed by atoms with Crippen LogP contribution in [0.5, 0.6) is 0 Å². The molecule has 1 amide bonds. The van der Waals surface area contributed by atoms with Crippen LogP contribution < -0.4 is 16.0 Å². The van der Waals surface area contributed by atoms with Crippen LogP contribution in [-0.2, 0) is 11.3 Å². The highest BCUT2D eigenvalue weighted by molar-refractivity contribution is 14.0. The third-order valence-corrected chi connectivity index (χ3v) is 4.66. The molecule has 0 spiro atoms. The number of carbonyl (C=O) groups excluding carboxylic acids is 1. The number of amides is 1. The van der Waals surface area contributed by atoms with Gasteiger partial charge in [-0.15, -0.1) is 24.0 Å². The zero-order valence-corrected chi connectivity index (χ0v) is 18.6. The van der Waals surface area contributed by atoms with Gasteiger partial charge in [0, 0.05) is 31.1 Å². The van der Waals surface area contributed by atoms with Crippen molar-refractivity contribution in [2.45, 2.75) is 25.8 Å². The molecule has 1 unspecified atom stereocenters. The maximum Gasteiger partial charge on any atom is 0.225 e. The summed E-state index contributed by atoms with van der Waals surface area (Å²) in [5.74, 6) is 0.285. The topological polar surface area (TPSA) is 65.5 Å². The van der Waals surface area contributed by atoms with Crippen molar-refractivity contribution in [1.82, 2.24) is 10.6 Å². The van der Waals surface area contributed by atoms with E-state index in [1.165, 1.54) is 6.07 Å². The van der Waals surface area contributed by atoms with Gasteiger partial charge in [-0.25, -0.2) is 9.38 Å². The highest BCUT2D eigenvalue weighted by Crippen LogP contribution is 2.31. The Kier molecular flexibility index (Phi) is 8.50. The summed E-state index contributed by atoms with van der Waals surface area (Å²) in [6, 6.07) is 12.4. The fraction of sp³-hybridized carbons (Fsp3) is 0.300. The van der Waals surface area contributed by atoms with Crippen molar-refractivity contribution in [2.24, 2.45) is 4.99 Å². The normalized spacial score (nSPS) is 15.9. The van der Waals surface area contributed by atoms with E-state index in [1.54, 1.807) is 12.1 Å². The average Bonchev–Trinajstić information content (AvgIpc) is 2.66. The zero-order valence-electron chi connectivity index (χ0n) is 15.5. The molecular weight excluding hydrogens is 494 g/mol. The molecule has 0 saturated heterocycles. The smallest absolute Gasteiger partial charge is 0.225 e. The van der Waals surface area contributed by atoms with E-state index >= 15 is 0 Å². The lowest BCUT2D eigenvalue weighted by Crippen LogP contribution is -2.40. The maximum absolute atomic E-state index is 13.3. The van der Waals surface area contributed by atoms with Crippen LogP contribution in [0.1, 0.15) is 30.4 Å². The van der Waals surface area contributed by atoms with Crippen LogP contribution in [0.25, 0.3) is 0 Å². The molecule has 2 aromatic carbocycles. The van der Waals surface area contributed by atoms with Gasteiger partial charge in [-0.1, -0.05) is 35.9 Å². The Morgan fingerprint density at radius 2 is 2.07 bits per heavy atom. The van der Waals surface area contributed by atoms with Gasteiger partial charge in [0.2, 0.25) is 5.91 Å². The van der Waals surface area contributed by atoms with Gasteiger partial charge in [-0.05, 0) is 36.2 Å². The van der Waals surface area contributed by atoms with Crippen molar-refractivity contribution in [3.8, 4) is 0 Å². The number of guanidine groups is 1. The Morgan fingerprint density at radius 3 is 2.82 bits per heavy atom. The number of anilines is 1. The Balaban J connectivity index is 0.00000280. The molecule has 0 fully saturated rings. The number of carbonyl (C=O) groups is 1. The number of halogens is 3. The number of aliphatic imine (C=N–C) groups is 1. The van der Waals surface area contributed by atoms with Crippen LogP contribution in [-0.4, -0.2) is 25.0 Å². The summed E-state index contributed by atoms with van der Waals surface area (Å²) < 4.78 is 13.3. The third-order valence-electron chi connectivity index (χ3n) is 4.37. The van der Waals surface area contributed by atoms with Crippen LogP contribution in [0.4, 0.5) is 10.1 Å². The predicted octanol–water partition coefficient (Wildman–Crippen LogP) is 4.28. The lowest BCUT2D eigenvalue weighted by atomic mass is 9.90. The van der Waals surface area contributed by atoms with E-state index in [4.69, 9.17) is 11.6 Å². The van der Waals surface area contributed by atoms with E-state index in [0.717, 1.165) is 16.8 Å². The highest BCUT2D eigenvalue weighted by atomic mass is 127. The van der Waals surface area contributed by atoms with Crippen molar-refractivity contribution in [3.05, 3.63) is 64.4 Å². The number of nitrogens with zero attached hydrogens (tertiary/aromatic N) is 1. The summed E-state index contributed by atoms with van der Waals surface area (Å²) in [6.07, 6.45) is 0.428. The van der Waals surface area contributed by atoms with E-state index in [9.17, 15) is 9.18 Å². The highest BCUT2D eigenvalue weighted by Gasteiger charge is 2.24. The second-order valence-electron chi connectivity index (χ2n) is 6.36. The molecule has 0 aromatic heterocycles. The number of fused-ring (bicyclic) bond motifs is 1. The molecule has 3 N–H and O–H groups in total. The molecule has 1 aliphatic rings. The summed E-state index contributed by atoms with van der Waals surface area (Å²) >= 11 is 5.82. The van der Waals surface area contributed by atoms with E-state index in [0.29, 0.717) is 32.0 Å². The minimum Gasteiger partial charge on any atom is -0.357 e. The van der Waals surface area contributed by atoms with Crippen LogP contribution in [0.3, 0.4) is 0 Å². The molecule has 8 heteroatoms. The molecule has 0 aliphatic carbocycles. The number of hydrogen-bond donors (Lipinski definition) is 3. The largest absolute Gasteiger partial charge is 0.357 e. The minimum atomic E-state index is -0.441. The van der Waals surface area contributed by atoms with Gasteiger partial charge < -0.3 is 16.0 Å². The van der Waals surface area contributed by atoms with E-state index in [2.05, 4.69) is 20.9 Å². The number of benzene rings is 2. The Hall–Kier alpha value is -1.87.